The molecule has 3 rings (SSSR count). The van der Waals surface area contributed by atoms with Crippen molar-refractivity contribution < 1.29 is 17.6 Å². The molecule has 0 bridgehead atoms. The Labute approximate surface area is 169 Å². The molecular formula is C20H22ClFN2O3S. The number of amides is 1. The van der Waals surface area contributed by atoms with Gasteiger partial charge in [0.2, 0.25) is 15.9 Å². The number of nitrogens with zero attached hydrogens (tertiary/aromatic N) is 1. The number of hydrogen-bond acceptors (Lipinski definition) is 3. The van der Waals surface area contributed by atoms with Gasteiger partial charge >= 0.3 is 0 Å². The number of rotatable bonds is 6. The van der Waals surface area contributed by atoms with E-state index in [0.29, 0.717) is 0 Å². The molecule has 2 aromatic rings. The highest BCUT2D eigenvalue weighted by Crippen LogP contribution is 2.26. The lowest BCUT2D eigenvalue weighted by Crippen LogP contribution is -2.41. The van der Waals surface area contributed by atoms with Crippen molar-refractivity contribution in [1.29, 1.82) is 0 Å². The van der Waals surface area contributed by atoms with Crippen LogP contribution in [0.15, 0.2) is 36.4 Å². The third kappa shape index (κ3) is 4.64. The van der Waals surface area contributed by atoms with Crippen LogP contribution in [0.4, 0.5) is 10.1 Å². The standard InChI is InChI=1S/C20H22ClFN2O3S/c1-13(15-7-6-14-4-3-5-16(14)10-15)23-20(25)12-24(28(2,26)27)17-8-9-19(22)18(21)11-17/h6-11,13H,3-5,12H2,1-2H3,(H,23,25)/t13-/m1/s1. The summed E-state index contributed by atoms with van der Waals surface area (Å²) in [4.78, 5) is 12.5. The summed E-state index contributed by atoms with van der Waals surface area (Å²) in [5.74, 6) is -1.12. The van der Waals surface area contributed by atoms with E-state index in [0.717, 1.165) is 41.5 Å². The first-order valence-electron chi connectivity index (χ1n) is 8.99. The molecule has 0 aromatic heterocycles. The number of fused-ring (bicyclic) bond motifs is 1. The van der Waals surface area contributed by atoms with Gasteiger partial charge in [0.1, 0.15) is 12.4 Å². The van der Waals surface area contributed by atoms with Gasteiger partial charge in [0.25, 0.3) is 0 Å². The summed E-state index contributed by atoms with van der Waals surface area (Å²) >= 11 is 5.76. The molecule has 5 nitrogen and oxygen atoms in total. The molecule has 0 aliphatic heterocycles. The van der Waals surface area contributed by atoms with Crippen molar-refractivity contribution in [3.63, 3.8) is 0 Å². The van der Waals surface area contributed by atoms with E-state index >= 15 is 0 Å². The van der Waals surface area contributed by atoms with Crippen LogP contribution in [0.3, 0.4) is 0 Å². The lowest BCUT2D eigenvalue weighted by Gasteiger charge is -2.23. The van der Waals surface area contributed by atoms with E-state index in [2.05, 4.69) is 17.4 Å². The zero-order chi connectivity index (χ0) is 20.5. The molecule has 1 aliphatic carbocycles. The van der Waals surface area contributed by atoms with Crippen molar-refractivity contribution in [2.75, 3.05) is 17.1 Å². The molecule has 0 saturated carbocycles. The summed E-state index contributed by atoms with van der Waals surface area (Å²) in [6.45, 7) is 1.43. The van der Waals surface area contributed by atoms with Gasteiger partial charge < -0.3 is 5.32 Å². The Morgan fingerprint density at radius 3 is 2.61 bits per heavy atom. The molecule has 0 saturated heterocycles. The summed E-state index contributed by atoms with van der Waals surface area (Å²) < 4.78 is 38.6. The van der Waals surface area contributed by atoms with Gasteiger partial charge in [-0.1, -0.05) is 29.8 Å². The van der Waals surface area contributed by atoms with Crippen molar-refractivity contribution in [3.8, 4) is 0 Å². The zero-order valence-electron chi connectivity index (χ0n) is 15.7. The van der Waals surface area contributed by atoms with Crippen molar-refractivity contribution in [3.05, 3.63) is 63.9 Å². The predicted molar refractivity (Wildman–Crippen MR) is 109 cm³/mol. The molecule has 1 aliphatic rings. The fourth-order valence-electron chi connectivity index (χ4n) is 3.40. The van der Waals surface area contributed by atoms with Crippen molar-refractivity contribution in [2.24, 2.45) is 0 Å². The van der Waals surface area contributed by atoms with Crippen molar-refractivity contribution >= 4 is 33.2 Å². The minimum absolute atomic E-state index is 0.134. The summed E-state index contributed by atoms with van der Waals surface area (Å²) in [7, 11) is -3.76. The highest BCUT2D eigenvalue weighted by atomic mass is 35.5. The van der Waals surface area contributed by atoms with E-state index in [1.807, 2.05) is 13.0 Å². The van der Waals surface area contributed by atoms with Gasteiger partial charge in [-0.05, 0) is 61.1 Å². The molecule has 0 spiro atoms. The minimum Gasteiger partial charge on any atom is -0.348 e. The molecule has 8 heteroatoms. The van der Waals surface area contributed by atoms with E-state index in [-0.39, 0.29) is 16.8 Å². The normalized spacial score (nSPS) is 14.4. The second kappa shape index (κ2) is 8.09. The van der Waals surface area contributed by atoms with Gasteiger partial charge in [-0.15, -0.1) is 0 Å². The first-order chi connectivity index (χ1) is 13.1. The molecular weight excluding hydrogens is 403 g/mol. The third-order valence-corrected chi connectivity index (χ3v) is 6.31. The summed E-state index contributed by atoms with van der Waals surface area (Å²) in [6, 6.07) is 9.44. The number of carbonyl (C=O) groups excluding carboxylic acids is 1. The SMILES string of the molecule is C[C@@H](NC(=O)CN(c1ccc(F)c(Cl)c1)S(C)(=O)=O)c1ccc2c(c1)CCC2. The molecule has 0 fully saturated rings. The number of aryl methyl sites for hydroxylation is 2. The summed E-state index contributed by atoms with van der Waals surface area (Å²) in [6.07, 6.45) is 4.25. The van der Waals surface area contributed by atoms with Gasteiger partial charge in [0, 0.05) is 0 Å². The van der Waals surface area contributed by atoms with E-state index < -0.39 is 28.3 Å². The second-order valence-corrected chi connectivity index (χ2v) is 9.35. The Hall–Kier alpha value is -2.12. The fourth-order valence-corrected chi connectivity index (χ4v) is 4.43. The molecule has 1 N–H and O–H groups in total. The lowest BCUT2D eigenvalue weighted by atomic mass is 10.0. The first kappa shape index (κ1) is 20.6. The van der Waals surface area contributed by atoms with E-state index in [1.54, 1.807) is 0 Å². The monoisotopic (exact) mass is 424 g/mol. The minimum atomic E-state index is -3.76. The quantitative estimate of drug-likeness (QED) is 0.770. The maximum absolute atomic E-state index is 13.4. The molecule has 2 aromatic carbocycles. The van der Waals surface area contributed by atoms with Crippen LogP contribution < -0.4 is 9.62 Å². The number of hydrogen-bond donors (Lipinski definition) is 1. The molecule has 150 valence electrons. The molecule has 28 heavy (non-hydrogen) atoms. The first-order valence-corrected chi connectivity index (χ1v) is 11.2. The predicted octanol–water partition coefficient (Wildman–Crippen LogP) is 3.61. The van der Waals surface area contributed by atoms with Crippen LogP contribution in [-0.2, 0) is 27.7 Å². The largest absolute Gasteiger partial charge is 0.348 e. The maximum atomic E-state index is 13.4. The van der Waals surface area contributed by atoms with Crippen LogP contribution in [0.5, 0.6) is 0 Å². The van der Waals surface area contributed by atoms with Crippen LogP contribution in [-0.4, -0.2) is 27.1 Å². The zero-order valence-corrected chi connectivity index (χ0v) is 17.3. The Morgan fingerprint density at radius 2 is 1.93 bits per heavy atom. The van der Waals surface area contributed by atoms with Crippen molar-refractivity contribution in [1.82, 2.24) is 5.32 Å². The van der Waals surface area contributed by atoms with Crippen LogP contribution in [0, 0.1) is 5.82 Å². The number of carbonyl (C=O) groups is 1. The Balaban J connectivity index is 1.74. The van der Waals surface area contributed by atoms with Gasteiger partial charge in [-0.25, -0.2) is 12.8 Å². The lowest BCUT2D eigenvalue weighted by molar-refractivity contribution is -0.120. The number of nitrogens with one attached hydrogen (secondary N) is 1. The number of sulfonamides is 1. The highest BCUT2D eigenvalue weighted by molar-refractivity contribution is 7.92. The maximum Gasteiger partial charge on any atom is 0.241 e. The van der Waals surface area contributed by atoms with Gasteiger partial charge in [0.05, 0.1) is 23.0 Å². The van der Waals surface area contributed by atoms with Gasteiger partial charge in [-0.2, -0.15) is 0 Å². The number of anilines is 1. The summed E-state index contributed by atoms with van der Waals surface area (Å²) in [5, 5.41) is 2.62. The van der Waals surface area contributed by atoms with Gasteiger partial charge in [0.15, 0.2) is 0 Å². The second-order valence-electron chi connectivity index (χ2n) is 7.04. The van der Waals surface area contributed by atoms with Crippen LogP contribution >= 0.6 is 11.6 Å². The third-order valence-electron chi connectivity index (χ3n) is 4.88. The molecule has 0 unspecified atom stereocenters. The topological polar surface area (TPSA) is 66.5 Å². The number of benzene rings is 2. The van der Waals surface area contributed by atoms with E-state index in [1.165, 1.54) is 23.3 Å². The Morgan fingerprint density at radius 1 is 1.21 bits per heavy atom. The van der Waals surface area contributed by atoms with Crippen molar-refractivity contribution in [2.45, 2.75) is 32.2 Å². The smallest absolute Gasteiger partial charge is 0.241 e. The van der Waals surface area contributed by atoms with Crippen LogP contribution in [0.25, 0.3) is 0 Å². The van der Waals surface area contributed by atoms with E-state index in [4.69, 9.17) is 11.6 Å². The number of halogens is 2. The Kier molecular flexibility index (Phi) is 5.95. The average molecular weight is 425 g/mol. The molecule has 1 atom stereocenters. The molecule has 0 radical (unpaired) electrons. The molecule has 1 amide bonds. The highest BCUT2D eigenvalue weighted by Gasteiger charge is 2.23. The average Bonchev–Trinajstić information content (AvgIpc) is 3.09. The fraction of sp³-hybridized carbons (Fsp3) is 0.350. The molecule has 0 heterocycles. The van der Waals surface area contributed by atoms with Gasteiger partial charge in [-0.3, -0.25) is 9.10 Å². The van der Waals surface area contributed by atoms with Crippen LogP contribution in [0.2, 0.25) is 5.02 Å². The Bertz CT molecular complexity index is 1010. The van der Waals surface area contributed by atoms with E-state index in [9.17, 15) is 17.6 Å². The summed E-state index contributed by atoms with van der Waals surface area (Å²) in [5.41, 5.74) is 3.76. The van der Waals surface area contributed by atoms with Crippen LogP contribution in [0.1, 0.15) is 36.1 Å².